The molecule has 7 rings (SSSR count). The van der Waals surface area contributed by atoms with E-state index in [4.69, 9.17) is 72.7 Å². The van der Waals surface area contributed by atoms with Crippen LogP contribution in [0.15, 0.2) is 23.3 Å². The molecule has 0 spiro atoms. The number of hydrogen-bond donors (Lipinski definition) is 26. The average molecular weight is 1580 g/mol. The molecule has 4 aromatic rings. The highest BCUT2D eigenvalue weighted by Crippen LogP contribution is 2.36. The van der Waals surface area contributed by atoms with Gasteiger partial charge in [0.05, 0.1) is 86.9 Å². The monoisotopic (exact) mass is 1580 g/mol. The maximum absolute atomic E-state index is 15.3. The van der Waals surface area contributed by atoms with Crippen molar-refractivity contribution >= 4 is 75.9 Å². The second-order valence-electron chi connectivity index (χ2n) is 25.3. The summed E-state index contributed by atoms with van der Waals surface area (Å²) in [4.78, 5) is 132. The molecule has 4 aromatic heterocycles. The van der Waals surface area contributed by atoms with Crippen molar-refractivity contribution in [3.63, 3.8) is 0 Å². The van der Waals surface area contributed by atoms with E-state index in [1.165, 1.54) is 24.6 Å². The first-order valence-electron chi connectivity index (χ1n) is 33.5. The van der Waals surface area contributed by atoms with Gasteiger partial charge in [0, 0.05) is 42.4 Å². The van der Waals surface area contributed by atoms with E-state index < -0.39 is 250 Å². The lowest BCUT2D eigenvalue weighted by Gasteiger charge is -2.47. The lowest BCUT2D eigenvalue weighted by atomic mass is 9.97. The molecule has 3 saturated heterocycles. The highest BCUT2D eigenvalue weighted by Gasteiger charge is 2.54. The molecule has 7 heterocycles. The summed E-state index contributed by atoms with van der Waals surface area (Å²) in [7, 11) is 0. The van der Waals surface area contributed by atoms with Crippen LogP contribution in [0.2, 0.25) is 0 Å². The molecule has 46 nitrogen and oxygen atoms in total. The normalized spacial score (nSPS) is 27.2. The summed E-state index contributed by atoms with van der Waals surface area (Å²) in [5.41, 5.74) is 33.4. The Morgan fingerprint density at radius 3 is 2.05 bits per heavy atom. The second-order valence-corrected chi connectivity index (χ2v) is 27.1. The Morgan fingerprint density at radius 2 is 1.41 bits per heavy atom. The minimum absolute atomic E-state index is 0.0474. The Balaban J connectivity index is 1.17. The molecule has 0 aliphatic carbocycles. The standard InChI is InChI=1S/C60H93N19O27S2/c1-19-34(76-49(78-47(19)64)24(10-31(62)85)70-12-23(61)48(65)94)51(96)77-36(44(25-13-68-18-71-25)103-59-46(40(90)37(87)29(14-81)102-59)104-58-42(92)45(105-60(66)99)38(88)30(15-82)101-58)53(98)72-20(2)28(84)11-32(86)75-35(21(3)83)52(97)79-54(106-57-41(91)39(89)33(63)22(4)100-57)43(93)56-74-27(17-108-56)55-73-26(16-107-55)50(95)69-7-5-6-67-8-9-80/h13,16-18,20-24,28-30,33,35-46,54,57-59,67,70,80-84,87-93H,5-12,14-15,61,63H2,1-4H3,(H2,62,85)(H2,65,94)(H2,66,99)(H,68,71)(H,69,95)(H,72,98)(H,75,86)(H,77,96)(H,79,97)(H2,64,76,78)/t20-,21-,22+,23+,24+,28+,29+,30-,33-,35+,36+,37-,38-,39-,40+,41-,42+,43?,44+,45+,46+,54?,57+,58-,59+/m1/s1. The molecule has 3 aliphatic heterocycles. The van der Waals surface area contributed by atoms with Crippen LogP contribution in [0.3, 0.4) is 0 Å². The van der Waals surface area contributed by atoms with Crippen molar-refractivity contribution in [3.8, 4) is 10.7 Å². The van der Waals surface area contributed by atoms with Gasteiger partial charge in [-0.25, -0.2) is 29.7 Å². The van der Waals surface area contributed by atoms with Crippen LogP contribution in [-0.2, 0) is 57.1 Å². The Morgan fingerprint density at radius 1 is 0.722 bits per heavy atom. The van der Waals surface area contributed by atoms with Gasteiger partial charge < -0.3 is 171 Å². The number of thiazole rings is 2. The number of carbonyl (C=O) groups excluding carboxylic acids is 8. The van der Waals surface area contributed by atoms with E-state index in [0.29, 0.717) is 19.5 Å². The highest BCUT2D eigenvalue weighted by molar-refractivity contribution is 7.14. The van der Waals surface area contributed by atoms with Gasteiger partial charge in [0.15, 0.2) is 37.3 Å². The van der Waals surface area contributed by atoms with Crippen LogP contribution in [0.5, 0.6) is 0 Å². The zero-order valence-corrected chi connectivity index (χ0v) is 60.0. The molecule has 2 unspecified atom stereocenters. The third-order valence-electron chi connectivity index (χ3n) is 17.3. The molecule has 108 heavy (non-hydrogen) atoms. The van der Waals surface area contributed by atoms with E-state index in [-0.39, 0.29) is 45.8 Å². The number of anilines is 1. The third kappa shape index (κ3) is 22.6. The number of rotatable bonds is 39. The van der Waals surface area contributed by atoms with Crippen molar-refractivity contribution in [3.05, 3.63) is 56.8 Å². The fourth-order valence-corrected chi connectivity index (χ4v) is 12.7. The molecule has 0 aromatic carbocycles. The molecular formula is C60H93N19O27S2. The van der Waals surface area contributed by atoms with E-state index >= 15 is 4.79 Å². The highest BCUT2D eigenvalue weighted by atomic mass is 32.1. The lowest BCUT2D eigenvalue weighted by Crippen LogP contribution is -2.65. The molecule has 0 radical (unpaired) electrons. The van der Waals surface area contributed by atoms with Crippen LogP contribution in [-0.4, -0.2) is 319 Å². The number of hydrogen-bond acceptors (Lipinski definition) is 39. The van der Waals surface area contributed by atoms with Crippen LogP contribution in [0.4, 0.5) is 10.6 Å². The minimum atomic E-state index is -2.26. The smallest absolute Gasteiger partial charge is 0.404 e. The maximum atomic E-state index is 15.3. The fourth-order valence-electron chi connectivity index (χ4n) is 11.0. The number of imidazole rings is 1. The summed E-state index contributed by atoms with van der Waals surface area (Å²) in [5.74, 6) is -8.36. The number of amides is 8. The van der Waals surface area contributed by atoms with E-state index in [1.807, 2.05) is 0 Å². The summed E-state index contributed by atoms with van der Waals surface area (Å²) in [6.45, 7) is 3.60. The van der Waals surface area contributed by atoms with Crippen LogP contribution >= 0.6 is 22.7 Å². The Bertz CT molecular complexity index is 3650. The van der Waals surface area contributed by atoms with Crippen LogP contribution in [0.25, 0.3) is 10.7 Å². The van der Waals surface area contributed by atoms with Crippen LogP contribution in [0, 0.1) is 6.92 Å². The van der Waals surface area contributed by atoms with Crippen molar-refractivity contribution in [1.29, 1.82) is 0 Å². The Labute approximate surface area is 621 Å². The first-order valence-corrected chi connectivity index (χ1v) is 35.2. The van der Waals surface area contributed by atoms with E-state index in [9.17, 15) is 89.7 Å². The number of aromatic nitrogens is 6. The molecular weight excluding hydrogens is 1480 g/mol. The van der Waals surface area contributed by atoms with Gasteiger partial charge in [-0.05, 0) is 40.7 Å². The number of primary amides is 3. The third-order valence-corrected chi connectivity index (χ3v) is 19.1. The molecule has 32 N–H and O–H groups in total. The number of ether oxygens (including phenoxy) is 7. The summed E-state index contributed by atoms with van der Waals surface area (Å²) in [5, 5.41) is 152. The number of aromatic amines is 1. The number of nitrogens with two attached hydrogens (primary N) is 6. The number of nitrogens with one attached hydrogen (secondary N) is 8. The summed E-state index contributed by atoms with van der Waals surface area (Å²) >= 11 is 1.87. The van der Waals surface area contributed by atoms with Gasteiger partial charge in [0.1, 0.15) is 112 Å². The molecule has 48 heteroatoms. The fraction of sp³-hybridized carbons (Fsp3) is 0.650. The number of carbonyl (C=O) groups is 8. The molecule has 602 valence electrons. The molecule has 0 bridgehead atoms. The van der Waals surface area contributed by atoms with Crippen molar-refractivity contribution in [1.82, 2.24) is 67.1 Å². The van der Waals surface area contributed by atoms with Gasteiger partial charge in [-0.1, -0.05) is 0 Å². The Kier molecular flexibility index (Phi) is 32.4. The quantitative estimate of drug-likeness (QED) is 0.0146. The van der Waals surface area contributed by atoms with Crippen LogP contribution < -0.4 is 71.6 Å². The second kappa shape index (κ2) is 40.1. The zero-order chi connectivity index (χ0) is 79.7. The molecule has 3 fully saturated rings. The summed E-state index contributed by atoms with van der Waals surface area (Å²) in [6, 6.07) is -9.68. The first kappa shape index (κ1) is 87.3. The van der Waals surface area contributed by atoms with Crippen molar-refractivity contribution < 1.29 is 133 Å². The van der Waals surface area contributed by atoms with Gasteiger partial charge in [-0.3, -0.25) is 33.6 Å². The number of aliphatic hydroxyl groups excluding tert-OH is 12. The largest absolute Gasteiger partial charge is 0.441 e. The molecule has 0 saturated carbocycles. The van der Waals surface area contributed by atoms with Gasteiger partial charge >= 0.3 is 6.09 Å². The lowest BCUT2D eigenvalue weighted by molar-refractivity contribution is -0.372. The number of H-pyrrole nitrogens is 1. The SMILES string of the molecule is Cc1c(N)nc([C@H](CC(N)=O)NC[C@H](N)C(N)=O)nc1C(=O)N[C@H](C(=O)N[C@H](C)[C@@H](O)CC(=O)N[C@H](C(=O)NC(O[C@@H]1O[C@@H](C)[C@@H](N)[C@@H](O)[C@H]1O)C(O)c1nc(-c2nc(C(=O)NCCCNCCO)cs2)cs1)[C@@H](C)O)[C@@H](O[C@@H]1O[C@@H](CO)[C@@H](O)[C@H](O)[C@@H]1O[C@H]1O[C@H](CO)[C@@H](O)[C@H](OC(N)=O)[C@@H]1O)c1cnc[nH]1. The average Bonchev–Trinajstić information content (AvgIpc) is 0.868. The van der Waals surface area contributed by atoms with Crippen LogP contribution in [0.1, 0.15) is 101 Å². The van der Waals surface area contributed by atoms with Gasteiger partial charge in [0.2, 0.25) is 29.5 Å². The van der Waals surface area contributed by atoms with E-state index in [0.717, 1.165) is 49.0 Å². The van der Waals surface area contributed by atoms with Crippen molar-refractivity contribution in [2.45, 2.75) is 200 Å². The topological polar surface area (TPSA) is 765 Å². The van der Waals surface area contributed by atoms with Gasteiger partial charge in [-0.2, -0.15) is 0 Å². The number of aliphatic hydroxyl groups is 12. The minimum Gasteiger partial charge on any atom is -0.441 e. The van der Waals surface area contributed by atoms with Crippen molar-refractivity contribution in [2.24, 2.45) is 28.7 Å². The maximum Gasteiger partial charge on any atom is 0.404 e. The molecule has 25 atom stereocenters. The number of nitrogen functional groups attached to an aromatic ring is 1. The predicted molar refractivity (Wildman–Crippen MR) is 366 cm³/mol. The van der Waals surface area contributed by atoms with E-state index in [1.54, 1.807) is 0 Å². The summed E-state index contributed by atoms with van der Waals surface area (Å²) in [6.07, 6.45) is -37.3. The Hall–Kier alpha value is -7.97. The van der Waals surface area contributed by atoms with Crippen molar-refractivity contribution in [2.75, 3.05) is 51.7 Å². The molecule has 8 amide bonds. The van der Waals surface area contributed by atoms with E-state index in [2.05, 4.69) is 67.1 Å². The molecule has 3 aliphatic rings. The first-order chi connectivity index (χ1) is 51.1. The zero-order valence-electron chi connectivity index (χ0n) is 58.3. The van der Waals surface area contributed by atoms with Gasteiger partial charge in [-0.15, -0.1) is 22.7 Å². The van der Waals surface area contributed by atoms with Gasteiger partial charge in [0.25, 0.3) is 11.8 Å². The summed E-state index contributed by atoms with van der Waals surface area (Å²) < 4.78 is 40.4. The number of nitrogens with zero attached hydrogens (tertiary/aromatic N) is 5. The predicted octanol–water partition coefficient (Wildman–Crippen LogP) is -11.6.